The molecule has 1 rings (SSSR count). The summed E-state index contributed by atoms with van der Waals surface area (Å²) in [6.45, 7) is 1.35. The Balaban J connectivity index is 3.53. The Morgan fingerprint density at radius 2 is 2.12 bits per heavy atom. The van der Waals surface area contributed by atoms with E-state index in [0.717, 1.165) is 12.1 Å². The zero-order valence-electron chi connectivity index (χ0n) is 9.21. The maximum atomic E-state index is 10.9. The van der Waals surface area contributed by atoms with Gasteiger partial charge in [-0.3, -0.25) is 10.1 Å². The van der Waals surface area contributed by atoms with Gasteiger partial charge < -0.3 is 14.9 Å². The summed E-state index contributed by atoms with van der Waals surface area (Å²) in [5, 5.41) is 29.0. The quantitative estimate of drug-likeness (QED) is 0.608. The summed E-state index contributed by atoms with van der Waals surface area (Å²) in [7, 11) is 1.25. The largest absolute Gasteiger partial charge is 0.496 e. The second-order valence-electron chi connectivity index (χ2n) is 3.35. The number of nitrogens with zero attached hydrogens (tertiary/aromatic N) is 1. The van der Waals surface area contributed by atoms with Gasteiger partial charge in [0.25, 0.3) is 5.69 Å². The molecule has 0 bridgehead atoms. The van der Waals surface area contributed by atoms with Gasteiger partial charge in [0.1, 0.15) is 11.3 Å². The molecule has 7 heteroatoms. The summed E-state index contributed by atoms with van der Waals surface area (Å²) in [4.78, 5) is 20.9. The van der Waals surface area contributed by atoms with Crippen LogP contribution in [0.4, 0.5) is 5.69 Å². The molecule has 0 saturated carbocycles. The fourth-order valence-electron chi connectivity index (χ4n) is 1.41. The van der Waals surface area contributed by atoms with Gasteiger partial charge in [-0.25, -0.2) is 4.79 Å². The number of methoxy groups -OCH3 is 1. The maximum absolute atomic E-state index is 10.9. The summed E-state index contributed by atoms with van der Waals surface area (Å²) in [6.07, 6.45) is -1.09. The van der Waals surface area contributed by atoms with E-state index in [1.165, 1.54) is 14.0 Å². The number of aliphatic hydroxyl groups excluding tert-OH is 1. The van der Waals surface area contributed by atoms with Crippen molar-refractivity contribution < 1.29 is 24.7 Å². The monoisotopic (exact) mass is 241 g/mol. The molecule has 1 atom stereocenters. The van der Waals surface area contributed by atoms with Crippen LogP contribution in [0.2, 0.25) is 0 Å². The lowest BCUT2D eigenvalue weighted by Gasteiger charge is -2.10. The van der Waals surface area contributed by atoms with E-state index in [9.17, 15) is 20.0 Å². The van der Waals surface area contributed by atoms with E-state index in [2.05, 4.69) is 0 Å². The molecule has 1 aromatic carbocycles. The van der Waals surface area contributed by atoms with E-state index in [-0.39, 0.29) is 16.9 Å². The van der Waals surface area contributed by atoms with Crippen molar-refractivity contribution in [3.63, 3.8) is 0 Å². The van der Waals surface area contributed by atoms with Crippen molar-refractivity contribution in [2.45, 2.75) is 13.0 Å². The minimum atomic E-state index is -1.33. The molecule has 0 heterocycles. The molecule has 0 aliphatic carbocycles. The number of ether oxygens (including phenoxy) is 1. The number of nitro benzene ring substituents is 1. The van der Waals surface area contributed by atoms with Crippen LogP contribution in [0.1, 0.15) is 28.9 Å². The van der Waals surface area contributed by atoms with Crippen molar-refractivity contribution in [1.82, 2.24) is 0 Å². The summed E-state index contributed by atoms with van der Waals surface area (Å²) in [5.74, 6) is -1.36. The van der Waals surface area contributed by atoms with Crippen molar-refractivity contribution in [2.24, 2.45) is 0 Å². The van der Waals surface area contributed by atoms with Crippen LogP contribution in [-0.2, 0) is 0 Å². The fourth-order valence-corrected chi connectivity index (χ4v) is 1.41. The van der Waals surface area contributed by atoms with E-state index in [1.54, 1.807) is 0 Å². The smallest absolute Gasteiger partial charge is 0.339 e. The van der Waals surface area contributed by atoms with Crippen LogP contribution in [0.5, 0.6) is 5.75 Å². The molecule has 2 N–H and O–H groups in total. The third-order valence-corrected chi connectivity index (χ3v) is 2.23. The molecule has 7 nitrogen and oxygen atoms in total. The van der Waals surface area contributed by atoms with Gasteiger partial charge in [-0.1, -0.05) is 0 Å². The molecular weight excluding hydrogens is 230 g/mol. The molecule has 0 aliphatic heterocycles. The predicted octanol–water partition coefficient (Wildman–Crippen LogP) is 1.35. The van der Waals surface area contributed by atoms with Crippen LogP contribution in [-0.4, -0.2) is 28.2 Å². The number of carbonyl (C=O) groups is 1. The summed E-state index contributed by atoms with van der Waals surface area (Å²) >= 11 is 0. The Morgan fingerprint density at radius 1 is 1.53 bits per heavy atom. The summed E-state index contributed by atoms with van der Waals surface area (Å²) < 4.78 is 4.82. The number of carboxylic acids is 1. The molecule has 17 heavy (non-hydrogen) atoms. The van der Waals surface area contributed by atoms with Crippen molar-refractivity contribution in [1.29, 1.82) is 0 Å². The lowest BCUT2D eigenvalue weighted by atomic mass is 10.0. The first-order chi connectivity index (χ1) is 7.88. The first-order valence-electron chi connectivity index (χ1n) is 4.66. The molecule has 1 aromatic rings. The molecule has 0 aliphatic rings. The standard InChI is InChI=1S/C10H11NO6/c1-5(12)6-4-9(17-2)7(10(13)14)3-8(6)11(15)16/h3-5,12H,1-2H3,(H,13,14). The number of carboxylic acid groups (broad SMARTS) is 1. The van der Waals surface area contributed by atoms with Crippen LogP contribution in [0.3, 0.4) is 0 Å². The number of nitro groups is 1. The molecule has 0 fully saturated rings. The number of aliphatic hydroxyl groups is 1. The predicted molar refractivity (Wildman–Crippen MR) is 57.2 cm³/mol. The van der Waals surface area contributed by atoms with Crippen molar-refractivity contribution in [2.75, 3.05) is 7.11 Å². The number of benzene rings is 1. The third kappa shape index (κ3) is 2.51. The highest BCUT2D eigenvalue weighted by Crippen LogP contribution is 2.32. The zero-order chi connectivity index (χ0) is 13.2. The molecule has 1 unspecified atom stereocenters. The number of hydrogen-bond donors (Lipinski definition) is 2. The topological polar surface area (TPSA) is 110 Å². The van der Waals surface area contributed by atoms with Gasteiger partial charge in [0.05, 0.1) is 23.7 Å². The van der Waals surface area contributed by atoms with Gasteiger partial charge in [0.2, 0.25) is 0 Å². The van der Waals surface area contributed by atoms with E-state index in [0.29, 0.717) is 0 Å². The molecular formula is C10H11NO6. The second-order valence-corrected chi connectivity index (χ2v) is 3.35. The summed E-state index contributed by atoms with van der Waals surface area (Å²) in [5.41, 5.74) is -0.751. The van der Waals surface area contributed by atoms with Crippen LogP contribution < -0.4 is 4.74 Å². The van der Waals surface area contributed by atoms with E-state index in [4.69, 9.17) is 9.84 Å². The van der Waals surface area contributed by atoms with Gasteiger partial charge in [0, 0.05) is 6.07 Å². The zero-order valence-corrected chi connectivity index (χ0v) is 9.21. The molecule has 0 spiro atoms. The van der Waals surface area contributed by atoms with E-state index in [1.807, 2.05) is 0 Å². The van der Waals surface area contributed by atoms with E-state index >= 15 is 0 Å². The maximum Gasteiger partial charge on any atom is 0.339 e. The Kier molecular flexibility index (Phi) is 3.64. The summed E-state index contributed by atoms with van der Waals surface area (Å²) in [6, 6.07) is 2.04. The van der Waals surface area contributed by atoms with Crippen molar-refractivity contribution >= 4 is 11.7 Å². The van der Waals surface area contributed by atoms with Crippen molar-refractivity contribution in [3.05, 3.63) is 33.4 Å². The first kappa shape index (κ1) is 12.9. The lowest BCUT2D eigenvalue weighted by molar-refractivity contribution is -0.386. The van der Waals surface area contributed by atoms with Crippen LogP contribution >= 0.6 is 0 Å². The van der Waals surface area contributed by atoms with Gasteiger partial charge in [-0.2, -0.15) is 0 Å². The molecule has 0 saturated heterocycles. The normalized spacial score (nSPS) is 11.9. The van der Waals surface area contributed by atoms with Crippen LogP contribution in [0.15, 0.2) is 12.1 Å². The van der Waals surface area contributed by atoms with Gasteiger partial charge in [-0.05, 0) is 13.0 Å². The Bertz CT molecular complexity index is 468. The molecule has 92 valence electrons. The highest BCUT2D eigenvalue weighted by Gasteiger charge is 2.24. The molecule has 0 radical (unpaired) electrons. The van der Waals surface area contributed by atoms with Crippen molar-refractivity contribution in [3.8, 4) is 5.75 Å². The number of rotatable bonds is 4. The number of aromatic carboxylic acids is 1. The highest BCUT2D eigenvalue weighted by atomic mass is 16.6. The average molecular weight is 241 g/mol. The Hall–Kier alpha value is -2.15. The minimum Gasteiger partial charge on any atom is -0.496 e. The SMILES string of the molecule is COc1cc(C(C)O)c([N+](=O)[O-])cc1C(=O)O. The van der Waals surface area contributed by atoms with Gasteiger partial charge in [0.15, 0.2) is 0 Å². The lowest BCUT2D eigenvalue weighted by Crippen LogP contribution is -2.06. The third-order valence-electron chi connectivity index (χ3n) is 2.23. The average Bonchev–Trinajstić information content (AvgIpc) is 2.26. The number of hydrogen-bond acceptors (Lipinski definition) is 5. The highest BCUT2D eigenvalue weighted by molar-refractivity contribution is 5.92. The fraction of sp³-hybridized carbons (Fsp3) is 0.300. The van der Waals surface area contributed by atoms with Gasteiger partial charge >= 0.3 is 5.97 Å². The second kappa shape index (κ2) is 4.79. The minimum absolute atomic E-state index is 0.0110. The Labute approximate surface area is 96.4 Å². The van der Waals surface area contributed by atoms with Crippen LogP contribution in [0.25, 0.3) is 0 Å². The van der Waals surface area contributed by atoms with Gasteiger partial charge in [-0.15, -0.1) is 0 Å². The first-order valence-corrected chi connectivity index (χ1v) is 4.66. The Morgan fingerprint density at radius 3 is 2.47 bits per heavy atom. The van der Waals surface area contributed by atoms with Crippen LogP contribution in [0, 0.1) is 10.1 Å². The van der Waals surface area contributed by atoms with E-state index < -0.39 is 22.7 Å². The molecule has 0 aromatic heterocycles. The molecule has 0 amide bonds.